The van der Waals surface area contributed by atoms with Crippen LogP contribution in [0.5, 0.6) is 0 Å². The largest absolute Gasteiger partial charge is 0.382 e. The Hall–Kier alpha value is -2.78. The summed E-state index contributed by atoms with van der Waals surface area (Å²) in [5, 5.41) is 6.49. The maximum atomic E-state index is 13.3. The third-order valence-corrected chi connectivity index (χ3v) is 5.06. The quantitative estimate of drug-likeness (QED) is 0.368. The molecule has 2 aromatic carbocycles. The Bertz CT molecular complexity index is 857. The molecule has 0 heterocycles. The van der Waals surface area contributed by atoms with Gasteiger partial charge in [0.1, 0.15) is 0 Å². The molecule has 1 aliphatic carbocycles. The molecule has 2 N–H and O–H groups in total. The molecule has 0 spiro atoms. The van der Waals surface area contributed by atoms with Crippen molar-refractivity contribution in [2.45, 2.75) is 0 Å². The zero-order valence-electron chi connectivity index (χ0n) is 18.6. The molecule has 8 heteroatoms. The van der Waals surface area contributed by atoms with Gasteiger partial charge in [-0.3, -0.25) is 9.59 Å². The molecule has 172 valence electrons. The predicted molar refractivity (Wildman–Crippen MR) is 122 cm³/mol. The third-order valence-electron chi connectivity index (χ3n) is 5.06. The minimum Gasteiger partial charge on any atom is -0.382 e. The van der Waals surface area contributed by atoms with E-state index in [2.05, 4.69) is 10.6 Å². The first-order chi connectivity index (χ1) is 15.7. The minimum atomic E-state index is -0.169. The number of benzene rings is 2. The Morgan fingerprint density at radius 3 is 1.47 bits per heavy atom. The van der Waals surface area contributed by atoms with Crippen molar-refractivity contribution in [3.63, 3.8) is 0 Å². The standard InChI is InChI=1S/C24H30N2O6/c1-29-13-15-31-11-9-25-19-7-8-20(26-10-12-32-16-14-30-2)22-21(19)23(27)17-5-3-4-6-18(17)24(22)28/h3-8,25-26H,9-16H2,1-2H3. The second kappa shape index (κ2) is 12.3. The Kier molecular flexibility index (Phi) is 9.18. The van der Waals surface area contributed by atoms with Crippen LogP contribution in [-0.2, 0) is 18.9 Å². The topological polar surface area (TPSA) is 95.1 Å². The van der Waals surface area contributed by atoms with Gasteiger partial charge in [0.2, 0.25) is 0 Å². The lowest BCUT2D eigenvalue weighted by molar-refractivity contribution is 0.0759. The molecule has 0 radical (unpaired) electrons. The lowest BCUT2D eigenvalue weighted by Crippen LogP contribution is -2.25. The number of hydrogen-bond donors (Lipinski definition) is 2. The zero-order chi connectivity index (χ0) is 22.8. The highest BCUT2D eigenvalue weighted by Gasteiger charge is 2.33. The fourth-order valence-corrected chi connectivity index (χ4v) is 3.52. The molecule has 1 aliphatic rings. The highest BCUT2D eigenvalue weighted by Crippen LogP contribution is 2.36. The van der Waals surface area contributed by atoms with Crippen molar-refractivity contribution in [2.75, 3.05) is 77.6 Å². The van der Waals surface area contributed by atoms with Crippen molar-refractivity contribution in [1.29, 1.82) is 0 Å². The highest BCUT2D eigenvalue weighted by atomic mass is 16.5. The average molecular weight is 443 g/mol. The zero-order valence-corrected chi connectivity index (χ0v) is 18.6. The fraction of sp³-hybridized carbons (Fsp3) is 0.417. The van der Waals surface area contributed by atoms with Crippen LogP contribution < -0.4 is 10.6 Å². The van der Waals surface area contributed by atoms with Crippen molar-refractivity contribution in [2.24, 2.45) is 0 Å². The molecular formula is C24H30N2O6. The van der Waals surface area contributed by atoms with E-state index in [-0.39, 0.29) is 11.6 Å². The summed E-state index contributed by atoms with van der Waals surface area (Å²) in [7, 11) is 3.24. The van der Waals surface area contributed by atoms with E-state index in [9.17, 15) is 9.59 Å². The number of hydrogen-bond acceptors (Lipinski definition) is 8. The summed E-state index contributed by atoms with van der Waals surface area (Å²) in [6.07, 6.45) is 0. The van der Waals surface area contributed by atoms with E-state index >= 15 is 0 Å². The average Bonchev–Trinajstić information content (AvgIpc) is 2.82. The van der Waals surface area contributed by atoms with Gasteiger partial charge in [0, 0.05) is 49.8 Å². The van der Waals surface area contributed by atoms with Gasteiger partial charge >= 0.3 is 0 Å². The third kappa shape index (κ3) is 5.72. The van der Waals surface area contributed by atoms with Gasteiger partial charge < -0.3 is 29.6 Å². The van der Waals surface area contributed by atoms with E-state index in [4.69, 9.17) is 18.9 Å². The number of fused-ring (bicyclic) bond motifs is 2. The summed E-state index contributed by atoms with van der Waals surface area (Å²) in [6.45, 7) is 3.94. The predicted octanol–water partition coefficient (Wildman–Crippen LogP) is 2.61. The van der Waals surface area contributed by atoms with Crippen molar-refractivity contribution in [3.8, 4) is 0 Å². The molecule has 8 nitrogen and oxygen atoms in total. The van der Waals surface area contributed by atoms with Gasteiger partial charge in [-0.25, -0.2) is 0 Å². The summed E-state index contributed by atoms with van der Waals surface area (Å²) in [4.78, 5) is 26.7. The van der Waals surface area contributed by atoms with Crippen molar-refractivity contribution < 1.29 is 28.5 Å². The number of carbonyl (C=O) groups excluding carboxylic acids is 2. The van der Waals surface area contributed by atoms with E-state index in [0.29, 0.717) is 86.4 Å². The van der Waals surface area contributed by atoms with Crippen LogP contribution >= 0.6 is 0 Å². The number of nitrogens with one attached hydrogen (secondary N) is 2. The second-order valence-electron chi connectivity index (χ2n) is 7.18. The minimum absolute atomic E-state index is 0.169. The van der Waals surface area contributed by atoms with Crippen molar-refractivity contribution >= 4 is 22.9 Å². The SMILES string of the molecule is COCCOCCNc1ccc(NCCOCCOC)c2c1C(=O)c1ccccc1C2=O. The summed E-state index contributed by atoms with van der Waals surface area (Å²) >= 11 is 0. The number of methoxy groups -OCH3 is 2. The van der Waals surface area contributed by atoms with Gasteiger partial charge in [0.25, 0.3) is 0 Å². The van der Waals surface area contributed by atoms with Gasteiger partial charge in [-0.1, -0.05) is 24.3 Å². The Morgan fingerprint density at radius 2 is 1.06 bits per heavy atom. The van der Waals surface area contributed by atoms with Crippen LogP contribution in [0.3, 0.4) is 0 Å². The van der Waals surface area contributed by atoms with Gasteiger partial charge in [-0.15, -0.1) is 0 Å². The number of anilines is 2. The van der Waals surface area contributed by atoms with E-state index in [1.54, 1.807) is 38.5 Å². The normalized spacial score (nSPS) is 12.4. The molecule has 0 saturated carbocycles. The molecule has 3 rings (SSSR count). The first-order valence-corrected chi connectivity index (χ1v) is 10.7. The van der Waals surface area contributed by atoms with E-state index < -0.39 is 0 Å². The van der Waals surface area contributed by atoms with Crippen LogP contribution in [0.1, 0.15) is 31.8 Å². The Labute approximate surface area is 188 Å². The van der Waals surface area contributed by atoms with Gasteiger partial charge in [-0.05, 0) is 12.1 Å². The van der Waals surface area contributed by atoms with E-state index in [1.165, 1.54) is 0 Å². The molecule has 0 fully saturated rings. The lowest BCUT2D eigenvalue weighted by Gasteiger charge is -2.24. The smallest absolute Gasteiger partial charge is 0.196 e. The summed E-state index contributed by atoms with van der Waals surface area (Å²) in [5.41, 5.74) is 2.84. The number of carbonyl (C=O) groups is 2. The summed E-state index contributed by atoms with van der Waals surface area (Å²) in [5.74, 6) is -0.337. The highest BCUT2D eigenvalue weighted by molar-refractivity contribution is 6.31. The van der Waals surface area contributed by atoms with Crippen LogP contribution in [0.2, 0.25) is 0 Å². The van der Waals surface area contributed by atoms with Gasteiger partial charge in [0.05, 0.1) is 50.8 Å². The molecule has 0 amide bonds. The first-order valence-electron chi connectivity index (χ1n) is 10.7. The van der Waals surface area contributed by atoms with Crippen LogP contribution in [0.15, 0.2) is 36.4 Å². The molecule has 0 saturated heterocycles. The molecule has 0 aromatic heterocycles. The maximum Gasteiger partial charge on any atom is 0.196 e. The molecular weight excluding hydrogens is 412 g/mol. The fourth-order valence-electron chi connectivity index (χ4n) is 3.52. The lowest BCUT2D eigenvalue weighted by atomic mass is 9.82. The molecule has 0 unspecified atom stereocenters. The van der Waals surface area contributed by atoms with Crippen molar-refractivity contribution in [1.82, 2.24) is 0 Å². The summed E-state index contributed by atoms with van der Waals surface area (Å²) in [6, 6.07) is 10.6. The number of ether oxygens (including phenoxy) is 4. The van der Waals surface area contributed by atoms with Gasteiger partial charge in [-0.2, -0.15) is 0 Å². The second-order valence-corrected chi connectivity index (χ2v) is 7.18. The Morgan fingerprint density at radius 1 is 0.625 bits per heavy atom. The summed E-state index contributed by atoms with van der Waals surface area (Å²) < 4.78 is 20.9. The van der Waals surface area contributed by atoms with Gasteiger partial charge in [0.15, 0.2) is 11.6 Å². The maximum absolute atomic E-state index is 13.3. The molecule has 0 atom stereocenters. The van der Waals surface area contributed by atoms with Crippen LogP contribution in [0.25, 0.3) is 0 Å². The van der Waals surface area contributed by atoms with E-state index in [0.717, 1.165) is 0 Å². The van der Waals surface area contributed by atoms with Crippen LogP contribution in [0, 0.1) is 0 Å². The number of rotatable bonds is 14. The number of ketones is 2. The molecule has 0 aliphatic heterocycles. The van der Waals surface area contributed by atoms with Crippen LogP contribution in [0.4, 0.5) is 11.4 Å². The molecule has 0 bridgehead atoms. The van der Waals surface area contributed by atoms with Crippen molar-refractivity contribution in [3.05, 3.63) is 58.7 Å². The monoisotopic (exact) mass is 442 g/mol. The molecule has 32 heavy (non-hydrogen) atoms. The van der Waals surface area contributed by atoms with E-state index in [1.807, 2.05) is 12.1 Å². The van der Waals surface area contributed by atoms with Crippen LogP contribution in [-0.4, -0.2) is 78.5 Å². The Balaban J connectivity index is 1.79. The first kappa shape index (κ1) is 23.9. The molecule has 2 aromatic rings.